The van der Waals surface area contributed by atoms with Gasteiger partial charge in [0.25, 0.3) is 0 Å². The summed E-state index contributed by atoms with van der Waals surface area (Å²) < 4.78 is 4.67. The lowest BCUT2D eigenvalue weighted by Crippen LogP contribution is -2.07. The summed E-state index contributed by atoms with van der Waals surface area (Å²) >= 11 is 7.02. The summed E-state index contributed by atoms with van der Waals surface area (Å²) in [6.45, 7) is 1.64. The SMILES string of the molecule is COC(=O)c1sc(NC(=O)C=Cc2ccccc2Cl)c(C#N)c1C. The molecule has 1 aromatic heterocycles. The van der Waals surface area contributed by atoms with Crippen molar-refractivity contribution in [2.24, 2.45) is 0 Å². The van der Waals surface area contributed by atoms with Gasteiger partial charge in [-0.3, -0.25) is 4.79 Å². The number of esters is 1. The van der Waals surface area contributed by atoms with E-state index in [-0.39, 0.29) is 5.56 Å². The molecule has 2 aromatic rings. The molecule has 0 radical (unpaired) electrons. The Balaban J connectivity index is 2.22. The van der Waals surface area contributed by atoms with Gasteiger partial charge in [-0.25, -0.2) is 4.79 Å². The predicted octanol–water partition coefficient (Wildman–Crippen LogP) is 4.02. The maximum absolute atomic E-state index is 12.1. The average Bonchev–Trinajstić information content (AvgIpc) is 2.88. The monoisotopic (exact) mass is 360 g/mol. The lowest BCUT2D eigenvalue weighted by molar-refractivity contribution is -0.111. The molecule has 0 fully saturated rings. The smallest absolute Gasteiger partial charge is 0.348 e. The van der Waals surface area contributed by atoms with E-state index in [1.165, 1.54) is 13.2 Å². The number of thiophene rings is 1. The van der Waals surface area contributed by atoms with E-state index in [1.54, 1.807) is 31.2 Å². The first kappa shape index (κ1) is 17.7. The lowest BCUT2D eigenvalue weighted by Gasteiger charge is -2.00. The molecule has 0 unspecified atom stereocenters. The molecule has 7 heteroatoms. The van der Waals surface area contributed by atoms with Crippen LogP contribution in [0.15, 0.2) is 30.3 Å². The van der Waals surface area contributed by atoms with Crippen LogP contribution in [0.4, 0.5) is 5.00 Å². The highest BCUT2D eigenvalue weighted by atomic mass is 35.5. The number of hydrogen-bond donors (Lipinski definition) is 1. The zero-order chi connectivity index (χ0) is 17.7. The largest absolute Gasteiger partial charge is 0.465 e. The molecule has 1 heterocycles. The van der Waals surface area contributed by atoms with Crippen molar-refractivity contribution >= 4 is 45.9 Å². The second-order valence-electron chi connectivity index (χ2n) is 4.71. The molecule has 0 aliphatic rings. The van der Waals surface area contributed by atoms with Crippen LogP contribution in [0.3, 0.4) is 0 Å². The fourth-order valence-electron chi connectivity index (χ4n) is 1.95. The van der Waals surface area contributed by atoms with E-state index in [2.05, 4.69) is 10.1 Å². The summed E-state index contributed by atoms with van der Waals surface area (Å²) in [7, 11) is 1.26. The highest BCUT2D eigenvalue weighted by molar-refractivity contribution is 7.18. The number of ether oxygens (including phenoxy) is 1. The van der Waals surface area contributed by atoms with Crippen molar-refractivity contribution in [1.29, 1.82) is 5.26 Å². The van der Waals surface area contributed by atoms with Crippen LogP contribution < -0.4 is 5.32 Å². The molecule has 0 saturated heterocycles. The molecule has 2 rings (SSSR count). The number of rotatable bonds is 4. The van der Waals surface area contributed by atoms with Crippen molar-refractivity contribution in [3.8, 4) is 6.07 Å². The van der Waals surface area contributed by atoms with Crippen molar-refractivity contribution in [1.82, 2.24) is 0 Å². The number of carbonyl (C=O) groups is 2. The molecule has 122 valence electrons. The molecular weight excluding hydrogens is 348 g/mol. The van der Waals surface area contributed by atoms with Crippen LogP contribution in [0.5, 0.6) is 0 Å². The summed E-state index contributed by atoms with van der Waals surface area (Å²) in [6.07, 6.45) is 2.89. The Hall–Kier alpha value is -2.62. The second-order valence-corrected chi connectivity index (χ2v) is 6.14. The number of amides is 1. The van der Waals surface area contributed by atoms with Gasteiger partial charge in [-0.2, -0.15) is 5.26 Å². The van der Waals surface area contributed by atoms with Gasteiger partial charge in [-0.1, -0.05) is 29.8 Å². The zero-order valence-corrected chi connectivity index (χ0v) is 14.5. The van der Waals surface area contributed by atoms with Gasteiger partial charge in [0.15, 0.2) is 0 Å². The number of benzene rings is 1. The van der Waals surface area contributed by atoms with Crippen LogP contribution in [0.1, 0.15) is 26.4 Å². The molecule has 0 aliphatic carbocycles. The normalized spacial score (nSPS) is 10.4. The van der Waals surface area contributed by atoms with E-state index in [4.69, 9.17) is 11.6 Å². The Bertz CT molecular complexity index is 865. The summed E-state index contributed by atoms with van der Waals surface area (Å²) in [5.41, 5.74) is 1.44. The lowest BCUT2D eigenvalue weighted by atomic mass is 10.1. The van der Waals surface area contributed by atoms with E-state index in [0.717, 1.165) is 11.3 Å². The topological polar surface area (TPSA) is 79.2 Å². The average molecular weight is 361 g/mol. The molecule has 0 atom stereocenters. The Morgan fingerprint density at radius 1 is 1.38 bits per heavy atom. The third kappa shape index (κ3) is 3.82. The predicted molar refractivity (Wildman–Crippen MR) is 94.2 cm³/mol. The van der Waals surface area contributed by atoms with Crippen LogP contribution in [-0.4, -0.2) is 19.0 Å². The number of nitriles is 1. The number of nitrogens with zero attached hydrogens (tertiary/aromatic N) is 1. The minimum absolute atomic E-state index is 0.250. The molecule has 1 N–H and O–H groups in total. The fraction of sp³-hybridized carbons (Fsp3) is 0.118. The molecule has 0 bridgehead atoms. The molecular formula is C17H13ClN2O3S. The van der Waals surface area contributed by atoms with E-state index in [1.807, 2.05) is 12.1 Å². The van der Waals surface area contributed by atoms with Gasteiger partial charge < -0.3 is 10.1 Å². The Labute approximate surface area is 148 Å². The van der Waals surface area contributed by atoms with Crippen LogP contribution >= 0.6 is 22.9 Å². The van der Waals surface area contributed by atoms with Crippen LogP contribution in [0, 0.1) is 18.3 Å². The molecule has 0 saturated carbocycles. The first-order valence-electron chi connectivity index (χ1n) is 6.83. The third-order valence-electron chi connectivity index (χ3n) is 3.19. The molecule has 1 aromatic carbocycles. The molecule has 5 nitrogen and oxygen atoms in total. The van der Waals surface area contributed by atoms with Crippen LogP contribution in [0.2, 0.25) is 5.02 Å². The standard InChI is InChI=1S/C17H13ClN2O3S/c1-10-12(9-19)16(24-15(10)17(22)23-2)20-14(21)8-7-11-5-3-4-6-13(11)18/h3-8H,1-2H3,(H,20,21). The maximum Gasteiger partial charge on any atom is 0.348 e. The third-order valence-corrected chi connectivity index (χ3v) is 4.72. The Morgan fingerprint density at radius 2 is 2.08 bits per heavy atom. The van der Waals surface area contributed by atoms with Crippen molar-refractivity contribution in [3.05, 3.63) is 56.9 Å². The number of nitrogens with one attached hydrogen (secondary N) is 1. The minimum Gasteiger partial charge on any atom is -0.465 e. The van der Waals surface area contributed by atoms with Gasteiger partial charge in [0.05, 0.1) is 12.7 Å². The second kappa shape index (κ2) is 7.77. The van der Waals surface area contributed by atoms with Gasteiger partial charge >= 0.3 is 5.97 Å². The summed E-state index contributed by atoms with van der Waals surface area (Å²) in [5.74, 6) is -0.967. The van der Waals surface area contributed by atoms with Gasteiger partial charge in [0.2, 0.25) is 5.91 Å². The Kier molecular flexibility index (Phi) is 5.74. The highest BCUT2D eigenvalue weighted by Crippen LogP contribution is 2.33. The highest BCUT2D eigenvalue weighted by Gasteiger charge is 2.21. The van der Waals surface area contributed by atoms with Gasteiger partial charge in [-0.15, -0.1) is 11.3 Å². The zero-order valence-electron chi connectivity index (χ0n) is 12.9. The van der Waals surface area contributed by atoms with Crippen molar-refractivity contribution < 1.29 is 14.3 Å². The van der Waals surface area contributed by atoms with E-state index < -0.39 is 11.9 Å². The maximum atomic E-state index is 12.1. The van der Waals surface area contributed by atoms with Crippen LogP contribution in [-0.2, 0) is 9.53 Å². The molecule has 0 aliphatic heterocycles. The number of halogens is 1. The fourth-order valence-corrected chi connectivity index (χ4v) is 3.23. The van der Waals surface area contributed by atoms with E-state index in [9.17, 15) is 14.9 Å². The molecule has 0 spiro atoms. The van der Waals surface area contributed by atoms with Crippen molar-refractivity contribution in [2.45, 2.75) is 6.92 Å². The quantitative estimate of drug-likeness (QED) is 0.659. The number of anilines is 1. The molecule has 24 heavy (non-hydrogen) atoms. The van der Waals surface area contributed by atoms with Crippen molar-refractivity contribution in [2.75, 3.05) is 12.4 Å². The van der Waals surface area contributed by atoms with E-state index in [0.29, 0.717) is 26.0 Å². The molecule has 1 amide bonds. The van der Waals surface area contributed by atoms with E-state index >= 15 is 0 Å². The number of methoxy groups -OCH3 is 1. The first-order chi connectivity index (χ1) is 11.5. The van der Waals surface area contributed by atoms with Crippen molar-refractivity contribution in [3.63, 3.8) is 0 Å². The number of hydrogen-bond acceptors (Lipinski definition) is 5. The van der Waals surface area contributed by atoms with Gasteiger partial charge in [-0.05, 0) is 30.2 Å². The summed E-state index contributed by atoms with van der Waals surface area (Å²) in [6, 6.07) is 9.09. The van der Waals surface area contributed by atoms with Crippen LogP contribution in [0.25, 0.3) is 6.08 Å². The minimum atomic E-state index is -0.541. The first-order valence-corrected chi connectivity index (χ1v) is 8.02. The van der Waals surface area contributed by atoms with Gasteiger partial charge in [0.1, 0.15) is 15.9 Å². The van der Waals surface area contributed by atoms with Gasteiger partial charge in [0, 0.05) is 11.1 Å². The number of carbonyl (C=O) groups excluding carboxylic acids is 2. The summed E-state index contributed by atoms with van der Waals surface area (Å²) in [4.78, 5) is 24.0. The summed E-state index contributed by atoms with van der Waals surface area (Å²) in [5, 5.41) is 12.7. The Morgan fingerprint density at radius 3 is 2.71 bits per heavy atom.